The molecule has 0 spiro atoms. The minimum Gasteiger partial charge on any atom is -0.348 e. The molecular formula is C17H22ClN3O2S2. The molecule has 0 radical (unpaired) electrons. The van der Waals surface area contributed by atoms with E-state index < -0.39 is 0 Å². The van der Waals surface area contributed by atoms with Crippen LogP contribution < -0.4 is 10.6 Å². The van der Waals surface area contributed by atoms with Crippen LogP contribution in [0.25, 0.3) is 0 Å². The fourth-order valence-corrected chi connectivity index (χ4v) is 6.05. The van der Waals surface area contributed by atoms with Crippen LogP contribution in [0.3, 0.4) is 0 Å². The first-order valence-corrected chi connectivity index (χ1v) is 10.7. The van der Waals surface area contributed by atoms with Crippen molar-refractivity contribution in [2.24, 2.45) is 5.92 Å². The SMILES string of the molecule is O=C(NC1CCCCC1)c1sc(=S)n2c1NC(=O)C1CC(Cl)CCC12. The van der Waals surface area contributed by atoms with Crippen molar-refractivity contribution >= 4 is 52.8 Å². The zero-order valence-electron chi connectivity index (χ0n) is 13.9. The number of carbonyl (C=O) groups is 2. The third kappa shape index (κ3) is 3.26. The van der Waals surface area contributed by atoms with Crippen LogP contribution in [0, 0.1) is 9.87 Å². The minimum absolute atomic E-state index is 0.0266. The molecule has 0 aromatic carbocycles. The monoisotopic (exact) mass is 399 g/mol. The molecule has 4 rings (SSSR count). The Kier molecular flexibility index (Phi) is 4.90. The maximum Gasteiger partial charge on any atom is 0.265 e. The molecule has 25 heavy (non-hydrogen) atoms. The van der Waals surface area contributed by atoms with Gasteiger partial charge in [0.2, 0.25) is 5.91 Å². The second kappa shape index (κ2) is 7.00. The van der Waals surface area contributed by atoms with Gasteiger partial charge < -0.3 is 15.2 Å². The molecule has 2 fully saturated rings. The third-order valence-corrected chi connectivity index (χ3v) is 7.45. The Labute approximate surface area is 161 Å². The first kappa shape index (κ1) is 17.5. The van der Waals surface area contributed by atoms with Crippen molar-refractivity contribution in [3.05, 3.63) is 8.83 Å². The molecule has 8 heteroatoms. The highest BCUT2D eigenvalue weighted by Crippen LogP contribution is 2.44. The van der Waals surface area contributed by atoms with Gasteiger partial charge in [-0.15, -0.1) is 11.6 Å². The van der Waals surface area contributed by atoms with Crippen molar-refractivity contribution in [3.8, 4) is 0 Å². The fourth-order valence-electron chi connectivity index (χ4n) is 4.36. The molecule has 136 valence electrons. The van der Waals surface area contributed by atoms with Crippen LogP contribution in [0.15, 0.2) is 0 Å². The second-order valence-corrected chi connectivity index (χ2v) is 9.56. The van der Waals surface area contributed by atoms with E-state index >= 15 is 0 Å². The summed E-state index contributed by atoms with van der Waals surface area (Å²) in [5.41, 5.74) is 0. The molecule has 2 aliphatic carbocycles. The van der Waals surface area contributed by atoms with E-state index in [1.807, 2.05) is 4.57 Å². The molecule has 0 bridgehead atoms. The lowest BCUT2D eigenvalue weighted by Crippen LogP contribution is -2.42. The van der Waals surface area contributed by atoms with Crippen molar-refractivity contribution in [2.75, 3.05) is 5.32 Å². The van der Waals surface area contributed by atoms with Gasteiger partial charge >= 0.3 is 0 Å². The molecule has 1 aliphatic heterocycles. The number of alkyl halides is 1. The van der Waals surface area contributed by atoms with Crippen LogP contribution >= 0.6 is 35.2 Å². The number of aromatic nitrogens is 1. The smallest absolute Gasteiger partial charge is 0.265 e. The Morgan fingerprint density at radius 2 is 2.00 bits per heavy atom. The van der Waals surface area contributed by atoms with Gasteiger partial charge in [-0.1, -0.05) is 30.6 Å². The van der Waals surface area contributed by atoms with E-state index in [9.17, 15) is 9.59 Å². The summed E-state index contributed by atoms with van der Waals surface area (Å²) in [4.78, 5) is 25.9. The summed E-state index contributed by atoms with van der Waals surface area (Å²) in [6.45, 7) is 0. The van der Waals surface area contributed by atoms with E-state index in [0.29, 0.717) is 21.1 Å². The molecule has 3 atom stereocenters. The molecule has 2 amide bonds. The Balaban J connectivity index is 1.62. The van der Waals surface area contributed by atoms with Gasteiger partial charge in [-0.05, 0) is 44.3 Å². The zero-order valence-corrected chi connectivity index (χ0v) is 16.3. The van der Waals surface area contributed by atoms with Crippen molar-refractivity contribution in [1.29, 1.82) is 0 Å². The predicted molar refractivity (Wildman–Crippen MR) is 102 cm³/mol. The van der Waals surface area contributed by atoms with E-state index in [1.54, 1.807) is 0 Å². The van der Waals surface area contributed by atoms with Crippen LogP contribution in [0.2, 0.25) is 0 Å². The van der Waals surface area contributed by atoms with E-state index in [2.05, 4.69) is 10.6 Å². The van der Waals surface area contributed by atoms with Gasteiger partial charge in [-0.3, -0.25) is 9.59 Å². The number of carbonyl (C=O) groups excluding carboxylic acids is 2. The average Bonchev–Trinajstić information content (AvgIpc) is 2.93. The highest BCUT2D eigenvalue weighted by Gasteiger charge is 2.42. The minimum atomic E-state index is -0.153. The number of nitrogens with zero attached hydrogens (tertiary/aromatic N) is 1. The van der Waals surface area contributed by atoms with Crippen molar-refractivity contribution in [3.63, 3.8) is 0 Å². The number of nitrogens with one attached hydrogen (secondary N) is 2. The van der Waals surface area contributed by atoms with Crippen molar-refractivity contribution in [2.45, 2.75) is 68.8 Å². The summed E-state index contributed by atoms with van der Waals surface area (Å²) in [6.07, 6.45) is 7.99. The van der Waals surface area contributed by atoms with Gasteiger partial charge in [0.05, 0.1) is 5.92 Å². The topological polar surface area (TPSA) is 63.1 Å². The number of anilines is 1. The van der Waals surface area contributed by atoms with E-state index in [0.717, 1.165) is 38.5 Å². The number of thiazole rings is 1. The van der Waals surface area contributed by atoms with Gasteiger partial charge in [0, 0.05) is 17.5 Å². The molecule has 2 N–H and O–H groups in total. The van der Waals surface area contributed by atoms with E-state index in [1.165, 1.54) is 17.8 Å². The Morgan fingerprint density at radius 1 is 1.24 bits per heavy atom. The Morgan fingerprint density at radius 3 is 2.76 bits per heavy atom. The molecule has 0 saturated heterocycles. The first-order chi connectivity index (χ1) is 12.0. The lowest BCUT2D eigenvalue weighted by atomic mass is 9.82. The number of rotatable bonds is 2. The number of halogens is 1. The quantitative estimate of drug-likeness (QED) is 0.577. The van der Waals surface area contributed by atoms with Crippen LogP contribution in [0.5, 0.6) is 0 Å². The highest BCUT2D eigenvalue weighted by atomic mass is 35.5. The molecule has 5 nitrogen and oxygen atoms in total. The number of hydrogen-bond donors (Lipinski definition) is 2. The summed E-state index contributed by atoms with van der Waals surface area (Å²) in [6, 6.07) is 0.259. The van der Waals surface area contributed by atoms with Crippen molar-refractivity contribution in [1.82, 2.24) is 9.88 Å². The maximum absolute atomic E-state index is 12.8. The van der Waals surface area contributed by atoms with Crippen LogP contribution in [-0.2, 0) is 4.79 Å². The summed E-state index contributed by atoms with van der Waals surface area (Å²) in [5.74, 6) is 0.290. The lowest BCUT2D eigenvalue weighted by molar-refractivity contribution is -0.123. The Bertz CT molecular complexity index is 754. The lowest BCUT2D eigenvalue weighted by Gasteiger charge is -2.38. The molecule has 2 saturated carbocycles. The van der Waals surface area contributed by atoms with Gasteiger partial charge in [-0.25, -0.2) is 0 Å². The molecule has 2 heterocycles. The fraction of sp³-hybridized carbons (Fsp3) is 0.706. The number of amides is 2. The van der Waals surface area contributed by atoms with Crippen LogP contribution in [0.1, 0.15) is 67.1 Å². The molecule has 1 aromatic rings. The van der Waals surface area contributed by atoms with Crippen molar-refractivity contribution < 1.29 is 9.59 Å². The first-order valence-electron chi connectivity index (χ1n) is 9.05. The largest absolute Gasteiger partial charge is 0.348 e. The summed E-state index contributed by atoms with van der Waals surface area (Å²) in [7, 11) is 0. The summed E-state index contributed by atoms with van der Waals surface area (Å²) in [5, 5.41) is 6.10. The maximum atomic E-state index is 12.8. The van der Waals surface area contributed by atoms with E-state index in [4.69, 9.17) is 23.8 Å². The third-order valence-electron chi connectivity index (χ3n) is 5.65. The number of fused-ring (bicyclic) bond motifs is 3. The van der Waals surface area contributed by atoms with Gasteiger partial charge in [-0.2, -0.15) is 0 Å². The summed E-state index contributed by atoms with van der Waals surface area (Å²) >= 11 is 13.1. The standard InChI is InChI=1S/C17H22ClN3O2S2/c18-9-6-7-12-11(8-9)15(22)20-14-13(25-17(24)21(12)14)16(23)19-10-4-2-1-3-5-10/h9-12H,1-8H2,(H,19,23)(H,20,22). The normalized spacial score (nSPS) is 29.5. The molecule has 3 aliphatic rings. The molecule has 1 aromatic heterocycles. The average molecular weight is 400 g/mol. The van der Waals surface area contributed by atoms with Gasteiger partial charge in [0.1, 0.15) is 10.7 Å². The zero-order chi connectivity index (χ0) is 17.6. The Hall–Kier alpha value is -0.920. The van der Waals surface area contributed by atoms with Crippen LogP contribution in [0.4, 0.5) is 5.82 Å². The second-order valence-electron chi connectivity index (χ2n) is 7.30. The van der Waals surface area contributed by atoms with Gasteiger partial charge in [0.15, 0.2) is 3.95 Å². The predicted octanol–water partition coefficient (Wildman–Crippen LogP) is 4.24. The highest BCUT2D eigenvalue weighted by molar-refractivity contribution is 7.73. The molecular weight excluding hydrogens is 378 g/mol. The van der Waals surface area contributed by atoms with E-state index in [-0.39, 0.29) is 35.2 Å². The van der Waals surface area contributed by atoms with Gasteiger partial charge in [0.25, 0.3) is 5.91 Å². The number of hydrogen-bond acceptors (Lipinski definition) is 4. The van der Waals surface area contributed by atoms with Crippen LogP contribution in [-0.4, -0.2) is 27.8 Å². The summed E-state index contributed by atoms with van der Waals surface area (Å²) < 4.78 is 2.65. The molecule has 3 unspecified atom stereocenters.